The highest BCUT2D eigenvalue weighted by Crippen LogP contribution is 2.42. The van der Waals surface area contributed by atoms with Gasteiger partial charge >= 0.3 is 0 Å². The predicted octanol–water partition coefficient (Wildman–Crippen LogP) is 8.02. The predicted molar refractivity (Wildman–Crippen MR) is 119 cm³/mol. The Morgan fingerprint density at radius 2 is 1.12 bits per heavy atom. The van der Waals surface area contributed by atoms with Crippen LogP contribution in [-0.2, 0) is 0 Å². The largest absolute Gasteiger partial charge is 0.122 e. The molecule has 0 spiro atoms. The van der Waals surface area contributed by atoms with Gasteiger partial charge in [-0.25, -0.2) is 0 Å². The van der Waals surface area contributed by atoms with E-state index in [1.54, 1.807) is 0 Å². The van der Waals surface area contributed by atoms with Crippen LogP contribution in [0.5, 0.6) is 0 Å². The van der Waals surface area contributed by atoms with Crippen LogP contribution in [0.1, 0.15) is 27.7 Å². The van der Waals surface area contributed by atoms with Crippen molar-refractivity contribution in [3.63, 3.8) is 0 Å². The fourth-order valence-electron chi connectivity index (χ4n) is 2.92. The van der Waals surface area contributed by atoms with Crippen molar-refractivity contribution < 1.29 is 0 Å². The second-order valence-electron chi connectivity index (χ2n) is 6.91. The van der Waals surface area contributed by atoms with Gasteiger partial charge in [-0.05, 0) is 28.3 Å². The lowest BCUT2D eigenvalue weighted by Gasteiger charge is -2.17. The van der Waals surface area contributed by atoms with E-state index >= 15 is 0 Å². The normalized spacial score (nSPS) is 11.3. The zero-order valence-corrected chi connectivity index (χ0v) is 17.5. The van der Waals surface area contributed by atoms with Gasteiger partial charge in [0, 0.05) is 20.3 Å². The molecule has 0 radical (unpaired) electrons. The van der Waals surface area contributed by atoms with Gasteiger partial charge in [0.05, 0.1) is 0 Å². The maximum absolute atomic E-state index is 2.27. The summed E-state index contributed by atoms with van der Waals surface area (Å²) in [6.07, 6.45) is 0. The highest BCUT2D eigenvalue weighted by Gasteiger charge is 2.14. The molecule has 3 aromatic rings. The summed E-state index contributed by atoms with van der Waals surface area (Å²) in [4.78, 5) is 2.80. The van der Waals surface area contributed by atoms with Crippen LogP contribution >= 0.6 is 23.5 Å². The van der Waals surface area contributed by atoms with Gasteiger partial charge in [0.2, 0.25) is 0 Å². The molecule has 0 fully saturated rings. The molecule has 134 valence electrons. The van der Waals surface area contributed by atoms with Crippen molar-refractivity contribution in [2.45, 2.75) is 48.0 Å². The lowest BCUT2D eigenvalue weighted by molar-refractivity contribution is 1.08. The summed E-state index contributed by atoms with van der Waals surface area (Å²) in [6, 6.07) is 26.3. The van der Waals surface area contributed by atoms with Gasteiger partial charge in [-0.15, -0.1) is 23.5 Å². The van der Waals surface area contributed by atoms with Crippen molar-refractivity contribution in [1.29, 1.82) is 0 Å². The van der Waals surface area contributed by atoms with E-state index in [4.69, 9.17) is 0 Å². The SMILES string of the molecule is CC(C)Sc1cccc(-c2ccc(-c3ccccc3)cc2)c1SC(C)C. The molecular formula is C24H26S2. The zero-order valence-electron chi connectivity index (χ0n) is 15.9. The Kier molecular flexibility index (Phi) is 6.50. The molecule has 26 heavy (non-hydrogen) atoms. The van der Waals surface area contributed by atoms with E-state index in [0.29, 0.717) is 10.5 Å². The van der Waals surface area contributed by atoms with E-state index in [9.17, 15) is 0 Å². The van der Waals surface area contributed by atoms with Crippen LogP contribution < -0.4 is 0 Å². The molecule has 0 N–H and O–H groups in total. The van der Waals surface area contributed by atoms with Crippen LogP contribution in [0.4, 0.5) is 0 Å². The standard InChI is InChI=1S/C24H26S2/c1-17(2)25-23-12-8-11-22(24(23)26-18(3)4)21-15-13-20(14-16-21)19-9-6-5-7-10-19/h5-18H,1-4H3. The molecular weight excluding hydrogens is 352 g/mol. The lowest BCUT2D eigenvalue weighted by Crippen LogP contribution is -1.94. The Labute approximate surface area is 166 Å². The van der Waals surface area contributed by atoms with Crippen molar-refractivity contribution in [2.24, 2.45) is 0 Å². The summed E-state index contributed by atoms with van der Waals surface area (Å²) in [5.41, 5.74) is 5.16. The van der Waals surface area contributed by atoms with E-state index in [-0.39, 0.29) is 0 Å². The zero-order chi connectivity index (χ0) is 18.5. The molecule has 0 unspecified atom stereocenters. The van der Waals surface area contributed by atoms with Crippen molar-refractivity contribution >= 4 is 23.5 Å². The van der Waals surface area contributed by atoms with E-state index in [0.717, 1.165) is 0 Å². The first-order valence-corrected chi connectivity index (χ1v) is 10.9. The quantitative estimate of drug-likeness (QED) is 0.398. The number of rotatable bonds is 6. The summed E-state index contributed by atoms with van der Waals surface area (Å²) < 4.78 is 0. The summed E-state index contributed by atoms with van der Waals surface area (Å²) in [5, 5.41) is 1.14. The molecule has 0 atom stereocenters. The lowest BCUT2D eigenvalue weighted by atomic mass is 10.0. The van der Waals surface area contributed by atoms with Gasteiger partial charge in [-0.2, -0.15) is 0 Å². The molecule has 2 heteroatoms. The van der Waals surface area contributed by atoms with Gasteiger partial charge in [0.1, 0.15) is 0 Å². The maximum atomic E-state index is 2.27. The maximum Gasteiger partial charge on any atom is 0.0289 e. The molecule has 0 aliphatic heterocycles. The monoisotopic (exact) mass is 378 g/mol. The second kappa shape index (κ2) is 8.83. The van der Waals surface area contributed by atoms with Crippen molar-refractivity contribution in [3.05, 3.63) is 72.8 Å². The number of thioether (sulfide) groups is 2. The van der Waals surface area contributed by atoms with Crippen molar-refractivity contribution in [3.8, 4) is 22.3 Å². The van der Waals surface area contributed by atoms with E-state index in [1.807, 2.05) is 23.5 Å². The van der Waals surface area contributed by atoms with Crippen LogP contribution in [0.15, 0.2) is 82.6 Å². The Bertz CT molecular complexity index is 834. The highest BCUT2D eigenvalue weighted by atomic mass is 32.2. The second-order valence-corrected chi connectivity index (χ2v) is 10.1. The van der Waals surface area contributed by atoms with Gasteiger partial charge in [-0.1, -0.05) is 94.4 Å². The van der Waals surface area contributed by atoms with Crippen LogP contribution in [0, 0.1) is 0 Å². The third kappa shape index (κ3) is 4.75. The minimum Gasteiger partial charge on any atom is -0.122 e. The fraction of sp³-hybridized carbons (Fsp3) is 0.250. The number of hydrogen-bond acceptors (Lipinski definition) is 2. The average Bonchev–Trinajstić information content (AvgIpc) is 2.63. The minimum absolute atomic E-state index is 0.561. The molecule has 0 saturated carbocycles. The average molecular weight is 379 g/mol. The van der Waals surface area contributed by atoms with Gasteiger partial charge < -0.3 is 0 Å². The van der Waals surface area contributed by atoms with E-state index in [2.05, 4.69) is 100 Å². The third-order valence-corrected chi connectivity index (χ3v) is 6.34. The van der Waals surface area contributed by atoms with Crippen LogP contribution in [0.25, 0.3) is 22.3 Å². The van der Waals surface area contributed by atoms with Crippen LogP contribution in [0.3, 0.4) is 0 Å². The molecule has 0 amide bonds. The molecule has 0 bridgehead atoms. The third-order valence-electron chi connectivity index (χ3n) is 4.00. The molecule has 0 heterocycles. The molecule has 3 aromatic carbocycles. The molecule has 0 aliphatic rings. The van der Waals surface area contributed by atoms with Crippen LogP contribution in [-0.4, -0.2) is 10.5 Å². The molecule has 0 saturated heterocycles. The van der Waals surface area contributed by atoms with E-state index in [1.165, 1.54) is 32.0 Å². The molecule has 0 aromatic heterocycles. The molecule has 3 rings (SSSR count). The summed E-state index contributed by atoms with van der Waals surface area (Å²) in [5.74, 6) is 0. The Morgan fingerprint density at radius 1 is 0.538 bits per heavy atom. The molecule has 0 nitrogen and oxygen atoms in total. The van der Waals surface area contributed by atoms with E-state index < -0.39 is 0 Å². The molecule has 0 aliphatic carbocycles. The summed E-state index contributed by atoms with van der Waals surface area (Å²) in [7, 11) is 0. The van der Waals surface area contributed by atoms with Gasteiger partial charge in [0.25, 0.3) is 0 Å². The smallest absolute Gasteiger partial charge is 0.0289 e. The van der Waals surface area contributed by atoms with Crippen LogP contribution in [0.2, 0.25) is 0 Å². The Morgan fingerprint density at radius 3 is 1.73 bits per heavy atom. The van der Waals surface area contributed by atoms with Crippen molar-refractivity contribution in [1.82, 2.24) is 0 Å². The van der Waals surface area contributed by atoms with Gasteiger partial charge in [-0.3, -0.25) is 0 Å². The summed E-state index contributed by atoms with van der Waals surface area (Å²) >= 11 is 3.92. The highest BCUT2D eigenvalue weighted by molar-refractivity contribution is 8.03. The first-order chi connectivity index (χ1) is 12.5. The summed E-state index contributed by atoms with van der Waals surface area (Å²) in [6.45, 7) is 9.05. The Balaban J connectivity index is 2.00. The fourth-order valence-corrected chi connectivity index (χ4v) is 5.06. The van der Waals surface area contributed by atoms with Crippen molar-refractivity contribution in [2.75, 3.05) is 0 Å². The minimum atomic E-state index is 0.561. The number of hydrogen-bond donors (Lipinski definition) is 0. The first kappa shape index (κ1) is 19.1. The topological polar surface area (TPSA) is 0 Å². The number of benzene rings is 3. The van der Waals surface area contributed by atoms with Gasteiger partial charge in [0.15, 0.2) is 0 Å². The first-order valence-electron chi connectivity index (χ1n) is 9.17. The Hall–Kier alpha value is -1.64.